The van der Waals surface area contributed by atoms with Crippen molar-refractivity contribution in [3.05, 3.63) is 68.0 Å². The summed E-state index contributed by atoms with van der Waals surface area (Å²) in [6.45, 7) is 2.98. The van der Waals surface area contributed by atoms with Gasteiger partial charge in [0.2, 0.25) is 0 Å². The summed E-state index contributed by atoms with van der Waals surface area (Å²) < 4.78 is 90.0. The molecule has 0 saturated heterocycles. The Hall–Kier alpha value is -1.88. The minimum absolute atomic E-state index is 0.261. The molecule has 1 aliphatic carbocycles. The molecule has 0 N–H and O–H groups in total. The Morgan fingerprint density at radius 3 is 1.33 bits per heavy atom. The van der Waals surface area contributed by atoms with Crippen LogP contribution in [-0.4, -0.2) is 17.8 Å². The Bertz CT molecular complexity index is 1250. The molecule has 0 aromatic carbocycles. The minimum atomic E-state index is -5.56. The largest absolute Gasteiger partial charge is 0.380 e. The number of halogens is 6. The molecular formula is C23H14F6S4. The molecule has 0 saturated carbocycles. The lowest BCUT2D eigenvalue weighted by Crippen LogP contribution is -2.48. The molecule has 172 valence electrons. The highest BCUT2D eigenvalue weighted by Crippen LogP contribution is 2.66. The van der Waals surface area contributed by atoms with Gasteiger partial charge in [-0.15, -0.1) is 45.3 Å². The van der Waals surface area contributed by atoms with Crippen LogP contribution in [0.15, 0.2) is 47.2 Å². The van der Waals surface area contributed by atoms with Gasteiger partial charge in [0.25, 0.3) is 0 Å². The molecule has 0 spiro atoms. The minimum Gasteiger partial charge on any atom is -0.194 e. The van der Waals surface area contributed by atoms with Crippen LogP contribution in [0.2, 0.25) is 0 Å². The lowest BCUT2D eigenvalue weighted by Gasteiger charge is -2.25. The molecule has 0 unspecified atom stereocenters. The summed E-state index contributed by atoms with van der Waals surface area (Å²) in [5.41, 5.74) is -3.09. The standard InChI is InChI=1S/C23H14F6S4/c1-11-13(9-17(32-11)15-5-3-7-30-15)19-20(22(26,27)23(28,29)21(19,24)25)14-10-18(33-12(14)2)16-6-4-8-31-16/h3-10H,1-2H3. The average Bonchev–Trinajstić information content (AvgIpc) is 3.53. The Morgan fingerprint density at radius 2 is 1.00 bits per heavy atom. The number of hydrogen-bond acceptors (Lipinski definition) is 4. The number of thiophene rings is 4. The molecule has 0 nitrogen and oxygen atoms in total. The summed E-state index contributed by atoms with van der Waals surface area (Å²) >= 11 is 4.95. The highest BCUT2D eigenvalue weighted by atomic mass is 32.1. The van der Waals surface area contributed by atoms with Crippen LogP contribution >= 0.6 is 45.3 Å². The van der Waals surface area contributed by atoms with Gasteiger partial charge in [-0.25, -0.2) is 0 Å². The quantitative estimate of drug-likeness (QED) is 0.230. The van der Waals surface area contributed by atoms with Crippen LogP contribution in [0.3, 0.4) is 0 Å². The summed E-state index contributed by atoms with van der Waals surface area (Å²) in [6.07, 6.45) is 0. The van der Waals surface area contributed by atoms with Crippen LogP contribution in [0.4, 0.5) is 26.3 Å². The van der Waals surface area contributed by atoms with Crippen molar-refractivity contribution in [2.75, 3.05) is 0 Å². The molecule has 0 fully saturated rings. The van der Waals surface area contributed by atoms with Crippen molar-refractivity contribution in [3.63, 3.8) is 0 Å². The van der Waals surface area contributed by atoms with E-state index >= 15 is 17.6 Å². The van der Waals surface area contributed by atoms with Gasteiger partial charge >= 0.3 is 17.8 Å². The van der Waals surface area contributed by atoms with Crippen LogP contribution in [-0.2, 0) is 0 Å². The van der Waals surface area contributed by atoms with E-state index in [4.69, 9.17) is 0 Å². The number of hydrogen-bond donors (Lipinski definition) is 0. The van der Waals surface area contributed by atoms with Gasteiger partial charge < -0.3 is 0 Å². The van der Waals surface area contributed by atoms with Crippen LogP contribution in [0.5, 0.6) is 0 Å². The smallest absolute Gasteiger partial charge is 0.194 e. The third-order valence-electron chi connectivity index (χ3n) is 5.57. The van der Waals surface area contributed by atoms with E-state index in [1.54, 1.807) is 35.0 Å². The van der Waals surface area contributed by atoms with Crippen molar-refractivity contribution in [1.82, 2.24) is 0 Å². The predicted octanol–water partition coefficient (Wildman–Crippen LogP) is 9.71. The van der Waals surface area contributed by atoms with E-state index in [1.807, 2.05) is 0 Å². The molecule has 1 aliphatic rings. The van der Waals surface area contributed by atoms with E-state index in [9.17, 15) is 8.78 Å². The average molecular weight is 533 g/mol. The first-order valence-corrected chi connectivity index (χ1v) is 13.0. The maximum absolute atomic E-state index is 15.2. The normalized spacial score (nSPS) is 18.9. The molecule has 4 aromatic heterocycles. The molecule has 4 aromatic rings. The summed E-state index contributed by atoms with van der Waals surface area (Å²) in [4.78, 5) is 3.21. The fourth-order valence-corrected chi connectivity index (χ4v) is 7.68. The SMILES string of the molecule is Cc1sc(-c2cccs2)cc1C1=C(c2cc(-c3cccs3)sc2C)C(F)(F)C(F)(F)C1(F)F. The third-order valence-corrected chi connectivity index (χ3v) is 9.80. The van der Waals surface area contributed by atoms with Crippen molar-refractivity contribution >= 4 is 56.5 Å². The van der Waals surface area contributed by atoms with Crippen molar-refractivity contribution < 1.29 is 26.3 Å². The Balaban J connectivity index is 1.80. The second-order valence-corrected chi connectivity index (χ2v) is 12.0. The fourth-order valence-electron chi connectivity index (χ4n) is 3.97. The van der Waals surface area contributed by atoms with Gasteiger partial charge in [0.05, 0.1) is 0 Å². The molecule has 0 bridgehead atoms. The van der Waals surface area contributed by atoms with E-state index in [2.05, 4.69) is 0 Å². The molecule has 0 atom stereocenters. The summed E-state index contributed by atoms with van der Waals surface area (Å²) in [5, 5.41) is 3.59. The molecule has 5 rings (SSSR count). The summed E-state index contributed by atoms with van der Waals surface area (Å²) in [5.74, 6) is -15.6. The van der Waals surface area contributed by atoms with E-state index in [0.717, 1.165) is 32.4 Å². The molecule has 0 amide bonds. The van der Waals surface area contributed by atoms with Crippen LogP contribution < -0.4 is 0 Å². The monoisotopic (exact) mass is 532 g/mol. The fraction of sp³-hybridized carbons (Fsp3) is 0.217. The maximum Gasteiger partial charge on any atom is 0.380 e. The van der Waals surface area contributed by atoms with E-state index in [1.165, 1.54) is 48.7 Å². The van der Waals surface area contributed by atoms with Crippen molar-refractivity contribution in [2.24, 2.45) is 0 Å². The molecular weight excluding hydrogens is 519 g/mol. The van der Waals surface area contributed by atoms with E-state index < -0.39 is 28.9 Å². The van der Waals surface area contributed by atoms with Crippen LogP contribution in [0.25, 0.3) is 30.7 Å². The first-order chi connectivity index (χ1) is 15.5. The number of rotatable bonds is 4. The van der Waals surface area contributed by atoms with Crippen LogP contribution in [0.1, 0.15) is 20.9 Å². The van der Waals surface area contributed by atoms with Gasteiger partial charge in [-0.2, -0.15) is 26.3 Å². The first kappa shape index (κ1) is 22.9. The second kappa shape index (κ2) is 7.56. The second-order valence-electron chi connectivity index (χ2n) is 7.59. The molecule has 0 radical (unpaired) electrons. The lowest BCUT2D eigenvalue weighted by molar-refractivity contribution is -0.254. The summed E-state index contributed by atoms with van der Waals surface area (Å²) in [7, 11) is 0. The summed E-state index contributed by atoms with van der Waals surface area (Å²) in [6, 6.07) is 9.73. The van der Waals surface area contributed by atoms with E-state index in [-0.39, 0.29) is 20.9 Å². The Kier molecular flexibility index (Phi) is 5.24. The Labute approximate surface area is 201 Å². The molecule has 4 heterocycles. The number of aryl methyl sites for hydroxylation is 2. The topological polar surface area (TPSA) is 0 Å². The maximum atomic E-state index is 15.2. The van der Waals surface area contributed by atoms with E-state index in [0.29, 0.717) is 9.75 Å². The molecule has 10 heteroatoms. The zero-order valence-corrected chi connectivity index (χ0v) is 20.3. The molecule has 0 aliphatic heterocycles. The number of alkyl halides is 6. The van der Waals surface area contributed by atoms with Gasteiger partial charge in [-0.05, 0) is 60.0 Å². The first-order valence-electron chi connectivity index (χ1n) is 9.65. The highest BCUT2D eigenvalue weighted by molar-refractivity contribution is 7.22. The van der Waals surface area contributed by atoms with Gasteiger partial charge in [-0.3, -0.25) is 0 Å². The zero-order chi connectivity index (χ0) is 23.8. The molecule has 33 heavy (non-hydrogen) atoms. The van der Waals surface area contributed by atoms with Crippen molar-refractivity contribution in [3.8, 4) is 19.5 Å². The van der Waals surface area contributed by atoms with Gasteiger partial charge in [0.15, 0.2) is 0 Å². The van der Waals surface area contributed by atoms with Crippen LogP contribution in [0, 0.1) is 13.8 Å². The van der Waals surface area contributed by atoms with Crippen molar-refractivity contribution in [1.29, 1.82) is 0 Å². The van der Waals surface area contributed by atoms with Gasteiger partial charge in [-0.1, -0.05) is 12.1 Å². The zero-order valence-electron chi connectivity index (χ0n) is 17.0. The lowest BCUT2D eigenvalue weighted by atomic mass is 9.95. The predicted molar refractivity (Wildman–Crippen MR) is 126 cm³/mol. The van der Waals surface area contributed by atoms with Gasteiger partial charge in [0.1, 0.15) is 0 Å². The van der Waals surface area contributed by atoms with Crippen molar-refractivity contribution in [2.45, 2.75) is 31.6 Å². The number of allylic oxidation sites excluding steroid dienone is 2. The highest BCUT2D eigenvalue weighted by Gasteiger charge is 2.80. The third kappa shape index (κ3) is 3.21. The van der Waals surface area contributed by atoms with Gasteiger partial charge in [0, 0.05) is 40.4 Å². The Morgan fingerprint density at radius 1 is 0.606 bits per heavy atom.